The summed E-state index contributed by atoms with van der Waals surface area (Å²) in [5.74, 6) is 0. The lowest BCUT2D eigenvalue weighted by Gasteiger charge is -2.51. The summed E-state index contributed by atoms with van der Waals surface area (Å²) >= 11 is 0. The molecule has 3 aliphatic carbocycles. The maximum absolute atomic E-state index is 2.61. The number of benzene rings is 3. The molecule has 0 N–H and O–H groups in total. The molecule has 3 aromatic rings. The van der Waals surface area contributed by atoms with Crippen molar-refractivity contribution in [3.63, 3.8) is 0 Å². The van der Waals surface area contributed by atoms with Crippen molar-refractivity contribution in [2.75, 3.05) is 0 Å². The monoisotopic (exact) mass is 568 g/mol. The fraction of sp³-hybridized carbons (Fsp3) is 0.442. The first kappa shape index (κ1) is 29.9. The van der Waals surface area contributed by atoms with Crippen LogP contribution in [0.15, 0.2) is 89.5 Å². The van der Waals surface area contributed by atoms with Crippen molar-refractivity contribution in [2.45, 2.75) is 116 Å². The first-order valence-corrected chi connectivity index (χ1v) is 17.0. The lowest BCUT2D eigenvalue weighted by Crippen LogP contribution is -2.44. The number of unbranched alkanes of at least 4 members (excludes halogenated alkanes) is 6. The topological polar surface area (TPSA) is 0 Å². The van der Waals surface area contributed by atoms with Crippen LogP contribution in [0.3, 0.4) is 0 Å². The third kappa shape index (κ3) is 4.72. The highest BCUT2D eigenvalue weighted by molar-refractivity contribution is 5.83. The Morgan fingerprint density at radius 1 is 0.442 bits per heavy atom. The second kappa shape index (κ2) is 11.1. The van der Waals surface area contributed by atoms with Crippen LogP contribution in [0.2, 0.25) is 0 Å². The van der Waals surface area contributed by atoms with Crippen molar-refractivity contribution in [2.24, 2.45) is 5.41 Å². The lowest BCUT2D eigenvalue weighted by molar-refractivity contribution is 0.323. The normalized spacial score (nSPS) is 18.9. The van der Waals surface area contributed by atoms with Gasteiger partial charge >= 0.3 is 0 Å². The molecule has 0 nitrogen and oxygen atoms in total. The molecular formula is C43H52. The summed E-state index contributed by atoms with van der Waals surface area (Å²) in [5, 5.41) is 0. The third-order valence-corrected chi connectivity index (χ3v) is 11.4. The zero-order chi connectivity index (χ0) is 30.5. The largest absolute Gasteiger partial charge is 0.0654 e. The zero-order valence-corrected chi connectivity index (χ0v) is 27.8. The van der Waals surface area contributed by atoms with E-state index in [2.05, 4.69) is 139 Å². The van der Waals surface area contributed by atoms with Gasteiger partial charge in [-0.25, -0.2) is 0 Å². The van der Waals surface area contributed by atoms with Gasteiger partial charge in [0.15, 0.2) is 0 Å². The Kier molecular flexibility index (Phi) is 7.73. The van der Waals surface area contributed by atoms with E-state index >= 15 is 0 Å². The third-order valence-electron chi connectivity index (χ3n) is 11.4. The Morgan fingerprint density at radius 2 is 0.767 bits per heavy atom. The number of allylic oxidation sites excluding steroid dienone is 3. The van der Waals surface area contributed by atoms with E-state index in [-0.39, 0.29) is 21.7 Å². The second-order valence-electron chi connectivity index (χ2n) is 15.1. The predicted molar refractivity (Wildman–Crippen MR) is 187 cm³/mol. The lowest BCUT2D eigenvalue weighted by atomic mass is 9.51. The van der Waals surface area contributed by atoms with Crippen LogP contribution in [0, 0.1) is 5.41 Å². The molecule has 0 heterocycles. The van der Waals surface area contributed by atoms with Crippen molar-refractivity contribution in [3.8, 4) is 0 Å². The van der Waals surface area contributed by atoms with E-state index in [1.807, 2.05) is 0 Å². The molecule has 0 atom stereocenters. The van der Waals surface area contributed by atoms with Gasteiger partial charge in [-0.1, -0.05) is 184 Å². The Balaban J connectivity index is 1.57. The SMILES string of the molecule is CCCCCCCCCC(C1=Cc2ccccc2C1(C)C)(C1=Cc2ccccc2C1(C)C)C1=Cc2ccccc2C1(C)C. The second-order valence-corrected chi connectivity index (χ2v) is 15.1. The quantitative estimate of drug-likeness (QED) is 0.202. The van der Waals surface area contributed by atoms with E-state index in [0.717, 1.165) is 6.42 Å². The highest BCUT2D eigenvalue weighted by Crippen LogP contribution is 2.67. The van der Waals surface area contributed by atoms with Gasteiger partial charge in [0.2, 0.25) is 0 Å². The molecule has 0 amide bonds. The van der Waals surface area contributed by atoms with Gasteiger partial charge in [-0.3, -0.25) is 0 Å². The molecule has 6 rings (SSSR count). The van der Waals surface area contributed by atoms with Crippen molar-refractivity contribution in [1.29, 1.82) is 0 Å². The molecule has 0 saturated carbocycles. The van der Waals surface area contributed by atoms with E-state index in [0.29, 0.717) is 0 Å². The average Bonchev–Trinajstić information content (AvgIpc) is 3.55. The van der Waals surface area contributed by atoms with Crippen molar-refractivity contribution < 1.29 is 0 Å². The summed E-state index contributed by atoms with van der Waals surface area (Å²) in [6, 6.07) is 27.5. The minimum absolute atomic E-state index is 0.0743. The Bertz CT molecular complexity index is 1420. The summed E-state index contributed by atoms with van der Waals surface area (Å²) in [5.41, 5.74) is 12.9. The molecule has 0 fully saturated rings. The number of rotatable bonds is 11. The van der Waals surface area contributed by atoms with Gasteiger partial charge in [0.1, 0.15) is 0 Å². The average molecular weight is 569 g/mol. The maximum atomic E-state index is 2.61. The van der Waals surface area contributed by atoms with Crippen LogP contribution >= 0.6 is 0 Å². The van der Waals surface area contributed by atoms with Crippen LogP contribution in [-0.2, 0) is 16.2 Å². The van der Waals surface area contributed by atoms with E-state index in [4.69, 9.17) is 0 Å². The van der Waals surface area contributed by atoms with Crippen molar-refractivity contribution >= 4 is 18.2 Å². The summed E-state index contributed by atoms with van der Waals surface area (Å²) in [6.45, 7) is 17.3. The maximum Gasteiger partial charge on any atom is 0.0365 e. The van der Waals surface area contributed by atoms with Gasteiger partial charge < -0.3 is 0 Å². The number of hydrogen-bond acceptors (Lipinski definition) is 0. The minimum Gasteiger partial charge on any atom is -0.0654 e. The van der Waals surface area contributed by atoms with E-state index in [9.17, 15) is 0 Å². The van der Waals surface area contributed by atoms with Crippen molar-refractivity contribution in [1.82, 2.24) is 0 Å². The molecule has 0 bridgehead atoms. The van der Waals surface area contributed by atoms with E-state index in [1.165, 1.54) is 78.3 Å². The number of hydrogen-bond donors (Lipinski definition) is 0. The molecule has 224 valence electrons. The van der Waals surface area contributed by atoms with E-state index in [1.54, 1.807) is 16.7 Å². The Hall–Kier alpha value is -3.12. The van der Waals surface area contributed by atoms with Gasteiger partial charge in [-0.2, -0.15) is 0 Å². The molecule has 43 heavy (non-hydrogen) atoms. The highest BCUT2D eigenvalue weighted by atomic mass is 14.6. The smallest absolute Gasteiger partial charge is 0.0365 e. The van der Waals surface area contributed by atoms with Gasteiger partial charge in [-0.05, 0) is 56.5 Å². The van der Waals surface area contributed by atoms with E-state index < -0.39 is 0 Å². The first-order valence-electron chi connectivity index (χ1n) is 17.0. The zero-order valence-electron chi connectivity index (χ0n) is 27.8. The van der Waals surface area contributed by atoms with Crippen LogP contribution in [0.4, 0.5) is 0 Å². The molecule has 0 spiro atoms. The van der Waals surface area contributed by atoms with Crippen LogP contribution in [0.5, 0.6) is 0 Å². The molecule has 3 aromatic carbocycles. The van der Waals surface area contributed by atoms with Gasteiger partial charge in [0.25, 0.3) is 0 Å². The number of fused-ring (bicyclic) bond motifs is 3. The minimum atomic E-state index is -0.197. The highest BCUT2D eigenvalue weighted by Gasteiger charge is 2.57. The fourth-order valence-corrected chi connectivity index (χ4v) is 9.18. The first-order chi connectivity index (χ1) is 20.6. The van der Waals surface area contributed by atoms with Crippen LogP contribution < -0.4 is 0 Å². The molecule has 0 aromatic heterocycles. The summed E-state index contributed by atoms with van der Waals surface area (Å²) in [7, 11) is 0. The molecule has 0 unspecified atom stereocenters. The molecular weight excluding hydrogens is 516 g/mol. The predicted octanol–water partition coefficient (Wildman–Crippen LogP) is 12.2. The van der Waals surface area contributed by atoms with Crippen molar-refractivity contribution in [3.05, 3.63) is 123 Å². The molecule has 0 aliphatic heterocycles. The van der Waals surface area contributed by atoms with Crippen LogP contribution in [0.1, 0.15) is 133 Å². The molecule has 0 heteroatoms. The molecule has 3 aliphatic rings. The van der Waals surface area contributed by atoms with Gasteiger partial charge in [0, 0.05) is 21.7 Å². The molecule has 0 saturated heterocycles. The summed E-state index contributed by atoms with van der Waals surface area (Å²) in [4.78, 5) is 0. The van der Waals surface area contributed by atoms with Crippen LogP contribution in [-0.4, -0.2) is 0 Å². The van der Waals surface area contributed by atoms with Gasteiger partial charge in [-0.15, -0.1) is 0 Å². The fourth-order valence-electron chi connectivity index (χ4n) is 9.18. The summed E-state index contributed by atoms with van der Waals surface area (Å²) < 4.78 is 0. The Labute approximate surface area is 262 Å². The summed E-state index contributed by atoms with van der Waals surface area (Å²) in [6.07, 6.45) is 18.2. The van der Waals surface area contributed by atoms with Crippen LogP contribution in [0.25, 0.3) is 18.2 Å². The van der Waals surface area contributed by atoms with Gasteiger partial charge in [0.05, 0.1) is 0 Å². The Morgan fingerprint density at radius 3 is 1.12 bits per heavy atom. The standard InChI is InChI=1S/C43H52/c1-8-9-10-11-12-13-20-27-43(37-28-31-21-14-17-24-34(31)40(37,2)3,38-29-32-22-15-18-25-35(32)41(38,4)5)39-30-33-23-16-19-26-36(33)42(39,6)7/h14-19,21-26,28-30H,8-13,20,27H2,1-7H3. The molecule has 0 radical (unpaired) electrons.